The summed E-state index contributed by atoms with van der Waals surface area (Å²) in [5.74, 6) is 0.807. The highest BCUT2D eigenvalue weighted by atomic mass is 32.1. The van der Waals surface area contributed by atoms with Crippen molar-refractivity contribution in [2.24, 2.45) is 0 Å². The second-order valence-electron chi connectivity index (χ2n) is 6.25. The molecule has 3 aromatic heterocycles. The summed E-state index contributed by atoms with van der Waals surface area (Å²) in [6.45, 7) is 5.47. The fourth-order valence-corrected chi connectivity index (χ4v) is 3.82. The van der Waals surface area contributed by atoms with E-state index >= 15 is 0 Å². The molecule has 0 aliphatic carbocycles. The Labute approximate surface area is 156 Å². The fourth-order valence-electron chi connectivity index (χ4n) is 2.98. The van der Waals surface area contributed by atoms with E-state index in [1.807, 2.05) is 49.6 Å². The molecule has 1 saturated heterocycles. The van der Waals surface area contributed by atoms with Crippen LogP contribution in [-0.2, 0) is 11.3 Å². The van der Waals surface area contributed by atoms with E-state index in [0.29, 0.717) is 0 Å². The number of morpholine rings is 1. The third-order valence-electron chi connectivity index (χ3n) is 4.25. The van der Waals surface area contributed by atoms with Gasteiger partial charge in [-0.1, -0.05) is 6.07 Å². The Morgan fingerprint density at radius 2 is 2.15 bits per heavy atom. The number of rotatable bonds is 5. The van der Waals surface area contributed by atoms with Crippen LogP contribution in [0.5, 0.6) is 0 Å². The van der Waals surface area contributed by atoms with Crippen LogP contribution in [-0.4, -0.2) is 39.5 Å². The molecule has 0 unspecified atom stereocenters. The van der Waals surface area contributed by atoms with Crippen LogP contribution in [0.3, 0.4) is 0 Å². The molecule has 0 aromatic carbocycles. The highest BCUT2D eigenvalue weighted by molar-refractivity contribution is 7.11. The Morgan fingerprint density at radius 1 is 1.19 bits per heavy atom. The van der Waals surface area contributed by atoms with Crippen molar-refractivity contribution in [3.05, 3.63) is 64.5 Å². The van der Waals surface area contributed by atoms with E-state index in [0.717, 1.165) is 48.4 Å². The van der Waals surface area contributed by atoms with Crippen molar-refractivity contribution in [3.8, 4) is 0 Å². The third kappa shape index (κ3) is 4.24. The molecule has 6 nitrogen and oxygen atoms in total. The van der Waals surface area contributed by atoms with Gasteiger partial charge in [0.15, 0.2) is 0 Å². The lowest BCUT2D eigenvalue weighted by Gasteiger charge is -2.32. The summed E-state index contributed by atoms with van der Waals surface area (Å²) in [7, 11) is 0. The minimum Gasteiger partial charge on any atom is -0.369 e. The van der Waals surface area contributed by atoms with Gasteiger partial charge in [0.05, 0.1) is 29.2 Å². The number of aryl methyl sites for hydroxylation is 1. The van der Waals surface area contributed by atoms with Crippen molar-refractivity contribution in [1.82, 2.24) is 19.9 Å². The lowest BCUT2D eigenvalue weighted by atomic mass is 10.2. The number of nitrogens with one attached hydrogen (secondary N) is 1. The molecule has 1 fully saturated rings. The van der Waals surface area contributed by atoms with E-state index in [1.165, 1.54) is 4.88 Å². The normalized spacial score (nSPS) is 18.0. The van der Waals surface area contributed by atoms with E-state index in [-0.39, 0.29) is 6.10 Å². The molecule has 4 rings (SSSR count). The first-order valence-corrected chi connectivity index (χ1v) is 9.47. The Morgan fingerprint density at radius 3 is 2.88 bits per heavy atom. The summed E-state index contributed by atoms with van der Waals surface area (Å²) < 4.78 is 5.95. The molecule has 26 heavy (non-hydrogen) atoms. The van der Waals surface area contributed by atoms with Crippen molar-refractivity contribution in [3.63, 3.8) is 0 Å². The number of hydrogen-bond acceptors (Lipinski definition) is 7. The summed E-state index contributed by atoms with van der Waals surface area (Å²) in [5, 5.41) is 4.36. The minimum absolute atomic E-state index is 0.00155. The predicted molar refractivity (Wildman–Crippen MR) is 103 cm³/mol. The largest absolute Gasteiger partial charge is 0.369 e. The zero-order valence-corrected chi connectivity index (χ0v) is 15.4. The number of ether oxygens (including phenoxy) is 1. The van der Waals surface area contributed by atoms with Crippen molar-refractivity contribution in [2.45, 2.75) is 19.6 Å². The van der Waals surface area contributed by atoms with Gasteiger partial charge in [0.2, 0.25) is 0 Å². The average Bonchev–Trinajstić information content (AvgIpc) is 3.08. The molecule has 7 heteroatoms. The molecule has 1 aliphatic rings. The molecule has 3 aromatic rings. The van der Waals surface area contributed by atoms with Crippen LogP contribution in [0.1, 0.15) is 21.7 Å². The van der Waals surface area contributed by atoms with Gasteiger partial charge in [0.1, 0.15) is 11.9 Å². The number of aromatic nitrogens is 3. The van der Waals surface area contributed by atoms with Crippen LogP contribution in [0.4, 0.5) is 11.5 Å². The molecule has 1 aliphatic heterocycles. The fraction of sp³-hybridized carbons (Fsp3) is 0.316. The van der Waals surface area contributed by atoms with Gasteiger partial charge in [-0.25, -0.2) is 9.97 Å². The zero-order valence-electron chi connectivity index (χ0n) is 14.6. The highest BCUT2D eigenvalue weighted by Crippen LogP contribution is 2.24. The van der Waals surface area contributed by atoms with E-state index in [2.05, 4.69) is 25.2 Å². The van der Waals surface area contributed by atoms with Crippen LogP contribution >= 0.6 is 11.3 Å². The lowest BCUT2D eigenvalue weighted by Crippen LogP contribution is -2.37. The molecule has 1 atom stereocenters. The molecular weight excluding hydrogens is 346 g/mol. The van der Waals surface area contributed by atoms with Gasteiger partial charge in [-0.05, 0) is 31.2 Å². The topological polar surface area (TPSA) is 63.2 Å². The van der Waals surface area contributed by atoms with Crippen LogP contribution in [0.25, 0.3) is 0 Å². The SMILES string of the molecule is Cc1ncc(CN2CCO[C@H](c3ccc(Nc4ccccn4)cn3)C2)s1. The number of nitrogens with zero attached hydrogens (tertiary/aromatic N) is 4. The highest BCUT2D eigenvalue weighted by Gasteiger charge is 2.23. The number of hydrogen-bond donors (Lipinski definition) is 1. The summed E-state index contributed by atoms with van der Waals surface area (Å²) in [4.78, 5) is 16.9. The van der Waals surface area contributed by atoms with Crippen molar-refractivity contribution >= 4 is 22.8 Å². The molecule has 0 amide bonds. The number of pyridine rings is 2. The standard InChI is InChI=1S/C19H21N5OS/c1-14-21-11-16(26-14)12-24-8-9-25-18(13-24)17-6-5-15(10-22-17)23-19-4-2-3-7-20-19/h2-7,10-11,18H,8-9,12-13H2,1H3,(H,20,23)/t18-/m0/s1. The van der Waals surface area contributed by atoms with Gasteiger partial charge < -0.3 is 10.1 Å². The maximum atomic E-state index is 5.95. The Bertz CT molecular complexity index is 837. The molecule has 0 spiro atoms. The predicted octanol–water partition coefficient (Wildman–Crippen LogP) is 3.56. The maximum absolute atomic E-state index is 5.95. The number of anilines is 2. The minimum atomic E-state index is 0.00155. The molecular formula is C19H21N5OS. The molecule has 0 radical (unpaired) electrons. The van der Waals surface area contributed by atoms with E-state index in [9.17, 15) is 0 Å². The van der Waals surface area contributed by atoms with E-state index in [4.69, 9.17) is 4.74 Å². The zero-order chi connectivity index (χ0) is 17.8. The molecule has 0 bridgehead atoms. The second-order valence-corrected chi connectivity index (χ2v) is 7.57. The summed E-state index contributed by atoms with van der Waals surface area (Å²) in [6, 6.07) is 9.82. The summed E-state index contributed by atoms with van der Waals surface area (Å²) >= 11 is 1.76. The summed E-state index contributed by atoms with van der Waals surface area (Å²) in [5.41, 5.74) is 1.88. The quantitative estimate of drug-likeness (QED) is 0.744. The first-order chi connectivity index (χ1) is 12.8. The molecule has 1 N–H and O–H groups in total. The van der Waals surface area contributed by atoms with E-state index < -0.39 is 0 Å². The van der Waals surface area contributed by atoms with Gasteiger partial charge in [0, 0.05) is 36.9 Å². The van der Waals surface area contributed by atoms with Crippen LogP contribution < -0.4 is 5.32 Å². The van der Waals surface area contributed by atoms with Crippen molar-refractivity contribution in [2.75, 3.05) is 25.0 Å². The second kappa shape index (κ2) is 7.90. The maximum Gasteiger partial charge on any atom is 0.130 e. The monoisotopic (exact) mass is 367 g/mol. The van der Waals surface area contributed by atoms with Gasteiger partial charge in [0.25, 0.3) is 0 Å². The third-order valence-corrected chi connectivity index (χ3v) is 5.15. The number of thiazole rings is 1. The lowest BCUT2D eigenvalue weighted by molar-refractivity contribution is -0.0346. The first kappa shape index (κ1) is 17.1. The van der Waals surface area contributed by atoms with Crippen LogP contribution in [0, 0.1) is 6.92 Å². The van der Waals surface area contributed by atoms with Gasteiger partial charge in [-0.15, -0.1) is 11.3 Å². The van der Waals surface area contributed by atoms with Gasteiger partial charge >= 0.3 is 0 Å². The Hall–Kier alpha value is -2.35. The van der Waals surface area contributed by atoms with Crippen LogP contribution in [0.2, 0.25) is 0 Å². The first-order valence-electron chi connectivity index (χ1n) is 8.65. The molecule has 134 valence electrons. The van der Waals surface area contributed by atoms with E-state index in [1.54, 1.807) is 17.5 Å². The Kier molecular flexibility index (Phi) is 5.19. The smallest absolute Gasteiger partial charge is 0.130 e. The average molecular weight is 367 g/mol. The Balaban J connectivity index is 1.38. The van der Waals surface area contributed by atoms with Crippen molar-refractivity contribution in [1.29, 1.82) is 0 Å². The van der Waals surface area contributed by atoms with Crippen LogP contribution in [0.15, 0.2) is 48.9 Å². The van der Waals surface area contributed by atoms with Gasteiger partial charge in [-0.2, -0.15) is 0 Å². The molecule has 0 saturated carbocycles. The summed E-state index contributed by atoms with van der Waals surface area (Å²) in [6.07, 6.45) is 5.57. The van der Waals surface area contributed by atoms with Gasteiger partial charge in [-0.3, -0.25) is 9.88 Å². The molecule has 4 heterocycles. The van der Waals surface area contributed by atoms with Crippen molar-refractivity contribution < 1.29 is 4.74 Å².